The zero-order chi connectivity index (χ0) is 17.6. The van der Waals surface area contributed by atoms with Crippen LogP contribution in [0.4, 0.5) is 17.8 Å². The average molecular weight is 322 g/mol. The third-order valence-corrected chi connectivity index (χ3v) is 3.52. The van der Waals surface area contributed by atoms with E-state index in [-0.39, 0.29) is 23.7 Å². The smallest absolute Gasteiger partial charge is 0.238 e. The highest BCUT2D eigenvalue weighted by Crippen LogP contribution is 2.19. The molecule has 0 N–H and O–H groups in total. The number of carbonyl (C=O) groups excluding carboxylic acids is 2. The Kier molecular flexibility index (Phi) is 6.87. The number of nitrogens with zero attached hydrogens (tertiary/aromatic N) is 6. The van der Waals surface area contributed by atoms with E-state index in [9.17, 15) is 9.59 Å². The Morgan fingerprint density at radius 3 is 1.30 bits per heavy atom. The van der Waals surface area contributed by atoms with E-state index in [1.165, 1.54) is 23.6 Å². The SMILES string of the molecule is CCN(CC)c1nc(N(CC)C(C)=O)nc(N(CC)C(C)=O)n1. The van der Waals surface area contributed by atoms with Gasteiger partial charge in [0.1, 0.15) is 0 Å². The first-order valence-electron chi connectivity index (χ1n) is 7.96. The van der Waals surface area contributed by atoms with Gasteiger partial charge in [0.25, 0.3) is 0 Å². The Hall–Kier alpha value is -2.25. The molecule has 0 bridgehead atoms. The summed E-state index contributed by atoms with van der Waals surface area (Å²) < 4.78 is 0. The van der Waals surface area contributed by atoms with Gasteiger partial charge in [0.05, 0.1) is 0 Å². The van der Waals surface area contributed by atoms with E-state index in [1.807, 2.05) is 32.6 Å². The number of carbonyl (C=O) groups is 2. The summed E-state index contributed by atoms with van der Waals surface area (Å²) in [4.78, 5) is 41.7. The largest absolute Gasteiger partial charge is 0.341 e. The second-order valence-corrected chi connectivity index (χ2v) is 4.93. The molecule has 8 nitrogen and oxygen atoms in total. The van der Waals surface area contributed by atoms with Crippen LogP contribution < -0.4 is 14.7 Å². The minimum Gasteiger partial charge on any atom is -0.341 e. The summed E-state index contributed by atoms with van der Waals surface area (Å²) in [5.41, 5.74) is 0. The van der Waals surface area contributed by atoms with E-state index in [0.29, 0.717) is 19.0 Å². The van der Waals surface area contributed by atoms with Gasteiger partial charge in [-0.15, -0.1) is 0 Å². The molecule has 23 heavy (non-hydrogen) atoms. The van der Waals surface area contributed by atoms with E-state index in [0.717, 1.165) is 13.1 Å². The predicted octanol–water partition coefficient (Wildman–Crippen LogP) is 1.46. The summed E-state index contributed by atoms with van der Waals surface area (Å²) >= 11 is 0. The van der Waals surface area contributed by atoms with Crippen molar-refractivity contribution < 1.29 is 9.59 Å². The van der Waals surface area contributed by atoms with Crippen LogP contribution in [-0.4, -0.2) is 52.9 Å². The van der Waals surface area contributed by atoms with Crippen molar-refractivity contribution in [2.75, 3.05) is 40.9 Å². The van der Waals surface area contributed by atoms with Crippen molar-refractivity contribution in [3.8, 4) is 0 Å². The molecule has 0 atom stereocenters. The second kappa shape index (κ2) is 8.40. The Morgan fingerprint density at radius 1 is 0.696 bits per heavy atom. The van der Waals surface area contributed by atoms with Gasteiger partial charge < -0.3 is 4.90 Å². The molecule has 8 heteroatoms. The first-order valence-corrected chi connectivity index (χ1v) is 7.96. The van der Waals surface area contributed by atoms with Gasteiger partial charge in [-0.3, -0.25) is 19.4 Å². The molecule has 0 aliphatic carbocycles. The minimum atomic E-state index is -0.152. The molecule has 1 rings (SSSR count). The number of anilines is 3. The van der Waals surface area contributed by atoms with Gasteiger partial charge in [0, 0.05) is 40.0 Å². The summed E-state index contributed by atoms with van der Waals surface area (Å²) in [6.45, 7) is 13.0. The van der Waals surface area contributed by atoms with Gasteiger partial charge in [0.2, 0.25) is 29.7 Å². The van der Waals surface area contributed by atoms with Crippen molar-refractivity contribution in [3.05, 3.63) is 0 Å². The molecule has 0 aliphatic heterocycles. The number of rotatable bonds is 7. The fraction of sp³-hybridized carbons (Fsp3) is 0.667. The lowest BCUT2D eigenvalue weighted by Crippen LogP contribution is -2.35. The maximum atomic E-state index is 11.8. The van der Waals surface area contributed by atoms with E-state index in [4.69, 9.17) is 0 Å². The molecule has 0 fully saturated rings. The van der Waals surface area contributed by atoms with Crippen LogP contribution in [0.3, 0.4) is 0 Å². The molecular weight excluding hydrogens is 296 g/mol. The van der Waals surface area contributed by atoms with Gasteiger partial charge in [-0.05, 0) is 27.7 Å². The topological polar surface area (TPSA) is 82.5 Å². The Bertz CT molecular complexity index is 519. The average Bonchev–Trinajstić information content (AvgIpc) is 2.49. The van der Waals surface area contributed by atoms with Crippen molar-refractivity contribution in [2.24, 2.45) is 0 Å². The number of hydrogen-bond donors (Lipinski definition) is 0. The Balaban J connectivity index is 3.48. The molecule has 0 saturated heterocycles. The lowest BCUT2D eigenvalue weighted by atomic mass is 10.5. The van der Waals surface area contributed by atoms with Crippen molar-refractivity contribution in [2.45, 2.75) is 41.5 Å². The summed E-state index contributed by atoms with van der Waals surface area (Å²) in [7, 11) is 0. The number of amides is 2. The normalized spacial score (nSPS) is 10.3. The van der Waals surface area contributed by atoms with Crippen LogP contribution in [0.2, 0.25) is 0 Å². The molecule has 0 saturated carbocycles. The number of aromatic nitrogens is 3. The lowest BCUT2D eigenvalue weighted by molar-refractivity contribution is -0.117. The molecule has 0 spiro atoms. The highest BCUT2D eigenvalue weighted by atomic mass is 16.2. The fourth-order valence-corrected chi connectivity index (χ4v) is 2.24. The van der Waals surface area contributed by atoms with E-state index in [2.05, 4.69) is 15.0 Å². The van der Waals surface area contributed by atoms with E-state index in [1.54, 1.807) is 0 Å². The third-order valence-electron chi connectivity index (χ3n) is 3.52. The van der Waals surface area contributed by atoms with Crippen LogP contribution in [0.5, 0.6) is 0 Å². The summed E-state index contributed by atoms with van der Waals surface area (Å²) in [6.07, 6.45) is 0. The summed E-state index contributed by atoms with van der Waals surface area (Å²) in [5, 5.41) is 0. The van der Waals surface area contributed by atoms with Crippen molar-refractivity contribution in [3.63, 3.8) is 0 Å². The molecule has 0 radical (unpaired) electrons. The molecule has 1 aromatic heterocycles. The minimum absolute atomic E-state index is 0.152. The van der Waals surface area contributed by atoms with Crippen LogP contribution in [0, 0.1) is 0 Å². The number of hydrogen-bond acceptors (Lipinski definition) is 6. The van der Waals surface area contributed by atoms with Crippen LogP contribution in [0.15, 0.2) is 0 Å². The van der Waals surface area contributed by atoms with Crippen molar-refractivity contribution >= 4 is 29.7 Å². The molecule has 2 amide bonds. The zero-order valence-corrected chi connectivity index (χ0v) is 14.8. The summed E-state index contributed by atoms with van der Waals surface area (Å²) in [6, 6.07) is 0. The van der Waals surface area contributed by atoms with Gasteiger partial charge in [-0.25, -0.2) is 0 Å². The molecular formula is C15H26N6O2. The second-order valence-electron chi connectivity index (χ2n) is 4.93. The molecule has 128 valence electrons. The lowest BCUT2D eigenvalue weighted by Gasteiger charge is -2.25. The highest BCUT2D eigenvalue weighted by molar-refractivity contribution is 5.91. The first-order chi connectivity index (χ1) is 10.9. The summed E-state index contributed by atoms with van der Waals surface area (Å²) in [5.74, 6) is 0.703. The first kappa shape index (κ1) is 18.8. The van der Waals surface area contributed by atoms with Gasteiger partial charge in [0.15, 0.2) is 0 Å². The predicted molar refractivity (Wildman–Crippen MR) is 90.8 cm³/mol. The van der Waals surface area contributed by atoms with Crippen molar-refractivity contribution in [1.82, 2.24) is 15.0 Å². The van der Waals surface area contributed by atoms with E-state index < -0.39 is 0 Å². The van der Waals surface area contributed by atoms with Crippen LogP contribution in [0.1, 0.15) is 41.5 Å². The highest BCUT2D eigenvalue weighted by Gasteiger charge is 2.21. The third kappa shape index (κ3) is 4.37. The van der Waals surface area contributed by atoms with Crippen molar-refractivity contribution in [1.29, 1.82) is 0 Å². The van der Waals surface area contributed by atoms with Crippen LogP contribution in [-0.2, 0) is 9.59 Å². The molecule has 1 aromatic rings. The van der Waals surface area contributed by atoms with Crippen LogP contribution in [0.25, 0.3) is 0 Å². The quantitative estimate of drug-likeness (QED) is 0.756. The van der Waals surface area contributed by atoms with Gasteiger partial charge in [-0.2, -0.15) is 15.0 Å². The molecule has 1 heterocycles. The van der Waals surface area contributed by atoms with Gasteiger partial charge >= 0.3 is 0 Å². The molecule has 0 unspecified atom stereocenters. The maximum Gasteiger partial charge on any atom is 0.238 e. The Labute approximate surface area is 137 Å². The van der Waals surface area contributed by atoms with Crippen LogP contribution >= 0.6 is 0 Å². The van der Waals surface area contributed by atoms with E-state index >= 15 is 0 Å². The van der Waals surface area contributed by atoms with Gasteiger partial charge in [-0.1, -0.05) is 0 Å². The monoisotopic (exact) mass is 322 g/mol. The zero-order valence-electron chi connectivity index (χ0n) is 14.8. The molecule has 0 aliphatic rings. The Morgan fingerprint density at radius 2 is 1.04 bits per heavy atom. The fourth-order valence-electron chi connectivity index (χ4n) is 2.24. The standard InChI is InChI=1S/C15H26N6O2/c1-7-19(8-2)13-16-14(20(9-3)11(5)22)18-15(17-13)21(10-4)12(6)23/h7-10H2,1-6H3. The molecule has 0 aromatic carbocycles. The maximum absolute atomic E-state index is 11.8.